The van der Waals surface area contributed by atoms with E-state index in [0.717, 1.165) is 5.70 Å². The topological polar surface area (TPSA) is 12.0 Å². The minimum atomic E-state index is 0.651. The Hall–Kier alpha value is -1.24. The first-order chi connectivity index (χ1) is 7.25. The van der Waals surface area contributed by atoms with Crippen LogP contribution in [0.2, 0.25) is 0 Å². The number of rotatable bonds is 3. The second-order valence-electron chi connectivity index (χ2n) is 4.47. The van der Waals surface area contributed by atoms with Crippen molar-refractivity contribution in [2.45, 2.75) is 38.6 Å². The molecule has 1 N–H and O–H groups in total. The first-order valence-electron chi connectivity index (χ1n) is 5.78. The zero-order chi connectivity index (χ0) is 10.7. The third kappa shape index (κ3) is 2.62. The van der Waals surface area contributed by atoms with E-state index in [9.17, 15) is 0 Å². The van der Waals surface area contributed by atoms with E-state index in [-0.39, 0.29) is 0 Å². The minimum Gasteiger partial charge on any atom is -0.382 e. The molecule has 0 heterocycles. The van der Waals surface area contributed by atoms with Crippen molar-refractivity contribution in [1.29, 1.82) is 0 Å². The van der Waals surface area contributed by atoms with Gasteiger partial charge in [0, 0.05) is 11.7 Å². The van der Waals surface area contributed by atoms with E-state index >= 15 is 0 Å². The summed E-state index contributed by atoms with van der Waals surface area (Å²) in [7, 11) is 0. The Labute approximate surface area is 92.2 Å². The molecular formula is C14H19N. The predicted molar refractivity (Wildman–Crippen MR) is 65.6 cm³/mol. The van der Waals surface area contributed by atoms with Gasteiger partial charge in [0.05, 0.1) is 0 Å². The summed E-state index contributed by atoms with van der Waals surface area (Å²) in [6, 6.07) is 9.16. The van der Waals surface area contributed by atoms with Crippen LogP contribution in [0, 0.1) is 6.92 Å². The second-order valence-corrected chi connectivity index (χ2v) is 4.47. The summed E-state index contributed by atoms with van der Waals surface area (Å²) < 4.78 is 0. The normalized spacial score (nSPS) is 16.6. The van der Waals surface area contributed by atoms with E-state index in [1.54, 1.807) is 0 Å². The fraction of sp³-hybridized carbons (Fsp3) is 0.429. The van der Waals surface area contributed by atoms with Gasteiger partial charge in [0.25, 0.3) is 0 Å². The van der Waals surface area contributed by atoms with Gasteiger partial charge in [-0.25, -0.2) is 0 Å². The van der Waals surface area contributed by atoms with Crippen LogP contribution in [0.5, 0.6) is 0 Å². The predicted octanol–water partition coefficient (Wildman–Crippen LogP) is 3.50. The molecule has 1 aliphatic rings. The van der Waals surface area contributed by atoms with Crippen molar-refractivity contribution in [3.05, 3.63) is 42.0 Å². The molecule has 1 nitrogen and oxygen atoms in total. The zero-order valence-electron chi connectivity index (χ0n) is 9.42. The Morgan fingerprint density at radius 1 is 1.33 bits per heavy atom. The lowest BCUT2D eigenvalue weighted by Gasteiger charge is -2.16. The van der Waals surface area contributed by atoms with Crippen LogP contribution in [-0.4, -0.2) is 6.04 Å². The minimum absolute atomic E-state index is 0.651. The summed E-state index contributed by atoms with van der Waals surface area (Å²) in [4.78, 5) is 0. The molecule has 80 valence electrons. The lowest BCUT2D eigenvalue weighted by Crippen LogP contribution is -2.23. The molecule has 0 radical (unpaired) electrons. The number of aryl methyl sites for hydroxylation is 1. The molecule has 1 aromatic rings. The van der Waals surface area contributed by atoms with Gasteiger partial charge in [-0.2, -0.15) is 0 Å². The zero-order valence-corrected chi connectivity index (χ0v) is 9.42. The summed E-state index contributed by atoms with van der Waals surface area (Å²) in [5.41, 5.74) is 3.59. The highest BCUT2D eigenvalue weighted by Crippen LogP contribution is 2.21. The molecule has 0 bridgehead atoms. The van der Waals surface area contributed by atoms with Gasteiger partial charge in [-0.1, -0.05) is 43.2 Å². The largest absolute Gasteiger partial charge is 0.382 e. The van der Waals surface area contributed by atoms with Crippen LogP contribution in [-0.2, 0) is 0 Å². The van der Waals surface area contributed by atoms with Gasteiger partial charge in [0.2, 0.25) is 0 Å². The molecule has 15 heavy (non-hydrogen) atoms. The maximum Gasteiger partial charge on any atom is 0.0342 e. The highest BCUT2D eigenvalue weighted by Gasteiger charge is 2.15. The van der Waals surface area contributed by atoms with Crippen molar-refractivity contribution >= 4 is 5.70 Å². The van der Waals surface area contributed by atoms with Crippen LogP contribution >= 0.6 is 0 Å². The quantitative estimate of drug-likeness (QED) is 0.789. The molecule has 0 spiro atoms. The summed E-state index contributed by atoms with van der Waals surface area (Å²) >= 11 is 0. The van der Waals surface area contributed by atoms with Gasteiger partial charge in [-0.3, -0.25) is 0 Å². The summed E-state index contributed by atoms with van der Waals surface area (Å²) in [5, 5.41) is 3.53. The van der Waals surface area contributed by atoms with Gasteiger partial charge in [-0.05, 0) is 31.4 Å². The fourth-order valence-corrected chi connectivity index (χ4v) is 2.23. The fourth-order valence-electron chi connectivity index (χ4n) is 2.23. The van der Waals surface area contributed by atoms with Crippen LogP contribution < -0.4 is 5.32 Å². The lowest BCUT2D eigenvalue weighted by atomic mass is 10.1. The van der Waals surface area contributed by atoms with Crippen LogP contribution in [0.1, 0.15) is 36.8 Å². The number of hydrogen-bond donors (Lipinski definition) is 1. The molecule has 0 saturated heterocycles. The summed E-state index contributed by atoms with van der Waals surface area (Å²) in [6.45, 7) is 6.24. The van der Waals surface area contributed by atoms with Crippen LogP contribution in [0.3, 0.4) is 0 Å². The maximum absolute atomic E-state index is 4.12. The molecule has 1 heteroatoms. The van der Waals surface area contributed by atoms with Crippen molar-refractivity contribution < 1.29 is 0 Å². The van der Waals surface area contributed by atoms with Crippen molar-refractivity contribution in [1.82, 2.24) is 5.32 Å². The van der Waals surface area contributed by atoms with E-state index in [4.69, 9.17) is 0 Å². The molecular weight excluding hydrogens is 182 g/mol. The van der Waals surface area contributed by atoms with Gasteiger partial charge in [-0.15, -0.1) is 0 Å². The van der Waals surface area contributed by atoms with Gasteiger partial charge < -0.3 is 5.32 Å². The molecule has 0 amide bonds. The Kier molecular flexibility index (Phi) is 3.10. The standard InChI is InChI=1S/C14H19N/c1-11-6-5-7-13(10-11)12(2)15-14-8-3-4-9-14/h5-7,10,14-15H,2-4,8-9H2,1H3. The lowest BCUT2D eigenvalue weighted by molar-refractivity contribution is 0.619. The van der Waals surface area contributed by atoms with Crippen molar-refractivity contribution in [2.24, 2.45) is 0 Å². The monoisotopic (exact) mass is 201 g/mol. The maximum atomic E-state index is 4.12. The van der Waals surface area contributed by atoms with Crippen LogP contribution in [0.15, 0.2) is 30.8 Å². The highest BCUT2D eigenvalue weighted by atomic mass is 14.9. The van der Waals surface area contributed by atoms with Gasteiger partial charge >= 0.3 is 0 Å². The van der Waals surface area contributed by atoms with E-state index in [1.807, 2.05) is 0 Å². The average Bonchev–Trinajstić information content (AvgIpc) is 2.70. The first-order valence-corrected chi connectivity index (χ1v) is 5.78. The Morgan fingerprint density at radius 2 is 2.07 bits per heavy atom. The van der Waals surface area contributed by atoms with E-state index in [0.29, 0.717) is 6.04 Å². The molecule has 0 aliphatic heterocycles. The summed E-state index contributed by atoms with van der Waals surface area (Å²) in [6.07, 6.45) is 5.31. The smallest absolute Gasteiger partial charge is 0.0342 e. The van der Waals surface area contributed by atoms with Crippen molar-refractivity contribution in [3.8, 4) is 0 Å². The Balaban J connectivity index is 2.01. The van der Waals surface area contributed by atoms with Crippen LogP contribution in [0.25, 0.3) is 5.70 Å². The summed E-state index contributed by atoms with van der Waals surface area (Å²) in [5.74, 6) is 0. The SMILES string of the molecule is C=C(NC1CCCC1)c1cccc(C)c1. The third-order valence-electron chi connectivity index (χ3n) is 3.10. The molecule has 1 aliphatic carbocycles. The van der Waals surface area contributed by atoms with E-state index in [2.05, 4.69) is 43.1 Å². The Morgan fingerprint density at radius 3 is 2.73 bits per heavy atom. The van der Waals surface area contributed by atoms with Gasteiger partial charge in [0.1, 0.15) is 0 Å². The molecule has 0 aromatic heterocycles. The number of nitrogens with one attached hydrogen (secondary N) is 1. The molecule has 2 rings (SSSR count). The molecule has 1 aromatic carbocycles. The highest BCUT2D eigenvalue weighted by molar-refractivity contribution is 5.62. The third-order valence-corrected chi connectivity index (χ3v) is 3.10. The van der Waals surface area contributed by atoms with Crippen molar-refractivity contribution in [3.63, 3.8) is 0 Å². The molecule has 1 saturated carbocycles. The number of benzene rings is 1. The van der Waals surface area contributed by atoms with Crippen molar-refractivity contribution in [2.75, 3.05) is 0 Å². The van der Waals surface area contributed by atoms with Gasteiger partial charge in [0.15, 0.2) is 0 Å². The van der Waals surface area contributed by atoms with Crippen LogP contribution in [0.4, 0.5) is 0 Å². The number of hydrogen-bond acceptors (Lipinski definition) is 1. The first kappa shape index (κ1) is 10.3. The Bertz CT molecular complexity index is 348. The average molecular weight is 201 g/mol. The van der Waals surface area contributed by atoms with E-state index in [1.165, 1.54) is 36.8 Å². The molecule has 0 unspecified atom stereocenters. The molecule has 0 atom stereocenters. The van der Waals surface area contributed by atoms with E-state index < -0.39 is 0 Å². The second kappa shape index (κ2) is 4.52. The molecule has 1 fully saturated rings.